The summed E-state index contributed by atoms with van der Waals surface area (Å²) < 4.78 is 5.36. The Morgan fingerprint density at radius 2 is 2.08 bits per heavy atom. The maximum atomic E-state index is 12.3. The van der Waals surface area contributed by atoms with Gasteiger partial charge < -0.3 is 10.1 Å². The molecule has 1 atom stereocenters. The molecule has 1 saturated heterocycles. The van der Waals surface area contributed by atoms with E-state index in [1.54, 1.807) is 0 Å². The van der Waals surface area contributed by atoms with Crippen molar-refractivity contribution in [2.75, 3.05) is 32.8 Å². The van der Waals surface area contributed by atoms with Crippen molar-refractivity contribution in [3.8, 4) is 0 Å². The molecule has 1 aromatic heterocycles. The van der Waals surface area contributed by atoms with E-state index < -0.39 is 0 Å². The third-order valence-electron chi connectivity index (χ3n) is 4.21. The van der Waals surface area contributed by atoms with Crippen LogP contribution in [0.2, 0.25) is 0 Å². The number of carbonyl (C=O) groups excluding carboxylic acids is 1. The van der Waals surface area contributed by atoms with Crippen molar-refractivity contribution < 1.29 is 9.53 Å². The first kappa shape index (κ1) is 17.1. The van der Waals surface area contributed by atoms with E-state index in [4.69, 9.17) is 4.74 Å². The fourth-order valence-electron chi connectivity index (χ4n) is 2.75. The molecule has 0 saturated carbocycles. The Bertz CT molecular complexity index is 653. The van der Waals surface area contributed by atoms with E-state index in [0.29, 0.717) is 18.3 Å². The van der Waals surface area contributed by atoms with Crippen LogP contribution < -0.4 is 5.32 Å². The zero-order valence-corrected chi connectivity index (χ0v) is 14.7. The fraction of sp³-hybridized carbons (Fsp3) is 0.444. The second-order valence-corrected chi connectivity index (χ2v) is 6.94. The number of hydrogen-bond acceptors (Lipinski definition) is 5. The first-order chi connectivity index (χ1) is 11.7. The van der Waals surface area contributed by atoms with E-state index in [1.807, 2.05) is 23.6 Å². The standard InChI is InChI=1S/C18H23N3O2S/c1-14(21-7-9-23-10-8-21)12-19-18(22)16-13-24-17(20-16)11-15-5-3-2-4-6-15/h2-6,13-14H,7-12H2,1H3,(H,19,22)/t14-/m1/s1. The Kier molecular flexibility index (Phi) is 5.96. The van der Waals surface area contributed by atoms with Crippen molar-refractivity contribution >= 4 is 17.2 Å². The number of thiazole rings is 1. The summed E-state index contributed by atoms with van der Waals surface area (Å²) in [5, 5.41) is 5.80. The summed E-state index contributed by atoms with van der Waals surface area (Å²) in [6.07, 6.45) is 0.767. The molecule has 1 fully saturated rings. The predicted molar refractivity (Wildman–Crippen MR) is 95.5 cm³/mol. The number of amides is 1. The number of hydrogen-bond donors (Lipinski definition) is 1. The van der Waals surface area contributed by atoms with E-state index in [9.17, 15) is 4.79 Å². The van der Waals surface area contributed by atoms with Gasteiger partial charge >= 0.3 is 0 Å². The molecule has 0 spiro atoms. The minimum absolute atomic E-state index is 0.0920. The van der Waals surface area contributed by atoms with Gasteiger partial charge in [0.1, 0.15) is 5.69 Å². The lowest BCUT2D eigenvalue weighted by molar-refractivity contribution is 0.0204. The van der Waals surface area contributed by atoms with Crippen molar-refractivity contribution in [1.82, 2.24) is 15.2 Å². The molecule has 2 heterocycles. The third-order valence-corrected chi connectivity index (χ3v) is 5.06. The first-order valence-corrected chi connectivity index (χ1v) is 9.18. The van der Waals surface area contributed by atoms with Crippen LogP contribution in [0.1, 0.15) is 28.0 Å². The van der Waals surface area contributed by atoms with Gasteiger partial charge in [-0.15, -0.1) is 11.3 Å². The molecule has 5 nitrogen and oxygen atoms in total. The average Bonchev–Trinajstić information content (AvgIpc) is 3.09. The molecule has 1 aliphatic rings. The zero-order valence-electron chi connectivity index (χ0n) is 13.9. The molecular weight excluding hydrogens is 322 g/mol. The zero-order chi connectivity index (χ0) is 16.8. The lowest BCUT2D eigenvalue weighted by Gasteiger charge is -2.32. The molecule has 24 heavy (non-hydrogen) atoms. The Balaban J connectivity index is 1.50. The minimum atomic E-state index is -0.0920. The van der Waals surface area contributed by atoms with E-state index in [2.05, 4.69) is 34.3 Å². The summed E-state index contributed by atoms with van der Waals surface area (Å²) in [7, 11) is 0. The molecule has 3 rings (SSSR count). The summed E-state index contributed by atoms with van der Waals surface area (Å²) in [5.74, 6) is -0.0920. The molecule has 0 unspecified atom stereocenters. The second-order valence-electron chi connectivity index (χ2n) is 6.00. The molecule has 1 amide bonds. The highest BCUT2D eigenvalue weighted by atomic mass is 32.1. The highest BCUT2D eigenvalue weighted by Gasteiger charge is 2.18. The van der Waals surface area contributed by atoms with Crippen LogP contribution in [0.25, 0.3) is 0 Å². The lowest BCUT2D eigenvalue weighted by atomic mass is 10.2. The minimum Gasteiger partial charge on any atom is -0.379 e. The molecule has 2 aromatic rings. The van der Waals surface area contributed by atoms with Gasteiger partial charge in [0.15, 0.2) is 0 Å². The van der Waals surface area contributed by atoms with Crippen LogP contribution in [-0.4, -0.2) is 54.7 Å². The number of rotatable bonds is 6. The number of aromatic nitrogens is 1. The van der Waals surface area contributed by atoms with Gasteiger partial charge in [-0.3, -0.25) is 9.69 Å². The first-order valence-electron chi connectivity index (χ1n) is 8.30. The number of benzene rings is 1. The van der Waals surface area contributed by atoms with Gasteiger partial charge in [-0.2, -0.15) is 0 Å². The molecule has 1 aliphatic heterocycles. The van der Waals surface area contributed by atoms with Crippen LogP contribution in [0.15, 0.2) is 35.7 Å². The van der Waals surface area contributed by atoms with E-state index in [1.165, 1.54) is 16.9 Å². The number of carbonyl (C=O) groups is 1. The molecule has 1 aromatic carbocycles. The van der Waals surface area contributed by atoms with Crippen LogP contribution in [0.3, 0.4) is 0 Å². The number of morpholine rings is 1. The molecule has 0 radical (unpaired) electrons. The summed E-state index contributed by atoms with van der Waals surface area (Å²) in [6, 6.07) is 10.5. The second kappa shape index (κ2) is 8.37. The SMILES string of the molecule is C[C@H](CNC(=O)c1csc(Cc2ccccc2)n1)N1CCOCC1. The van der Waals surface area contributed by atoms with Crippen molar-refractivity contribution in [3.05, 3.63) is 52.0 Å². The van der Waals surface area contributed by atoms with Crippen LogP contribution >= 0.6 is 11.3 Å². The largest absolute Gasteiger partial charge is 0.379 e. The van der Waals surface area contributed by atoms with E-state index >= 15 is 0 Å². The van der Waals surface area contributed by atoms with Crippen molar-refractivity contribution in [2.45, 2.75) is 19.4 Å². The highest BCUT2D eigenvalue weighted by molar-refractivity contribution is 7.09. The lowest BCUT2D eigenvalue weighted by Crippen LogP contribution is -2.47. The van der Waals surface area contributed by atoms with Crippen LogP contribution in [0.5, 0.6) is 0 Å². The fourth-order valence-corrected chi connectivity index (χ4v) is 3.55. The summed E-state index contributed by atoms with van der Waals surface area (Å²) in [4.78, 5) is 19.1. The normalized spacial score (nSPS) is 16.7. The van der Waals surface area contributed by atoms with E-state index in [-0.39, 0.29) is 5.91 Å². The van der Waals surface area contributed by atoms with Crippen molar-refractivity contribution in [3.63, 3.8) is 0 Å². The molecular formula is C18H23N3O2S. The Morgan fingerprint density at radius 1 is 1.33 bits per heavy atom. The van der Waals surface area contributed by atoms with Crippen LogP contribution in [0, 0.1) is 0 Å². The Morgan fingerprint density at radius 3 is 2.83 bits per heavy atom. The quantitative estimate of drug-likeness (QED) is 0.872. The smallest absolute Gasteiger partial charge is 0.270 e. The maximum Gasteiger partial charge on any atom is 0.270 e. The molecule has 1 N–H and O–H groups in total. The number of nitrogens with one attached hydrogen (secondary N) is 1. The summed E-state index contributed by atoms with van der Waals surface area (Å²) in [6.45, 7) is 6.15. The molecule has 0 bridgehead atoms. The van der Waals surface area contributed by atoms with Crippen molar-refractivity contribution in [1.29, 1.82) is 0 Å². The van der Waals surface area contributed by atoms with Gasteiger partial charge in [0.25, 0.3) is 5.91 Å². The molecule has 128 valence electrons. The van der Waals surface area contributed by atoms with Crippen LogP contribution in [-0.2, 0) is 11.2 Å². The highest BCUT2D eigenvalue weighted by Crippen LogP contribution is 2.15. The third kappa shape index (κ3) is 4.63. The van der Waals surface area contributed by atoms with Crippen LogP contribution in [0.4, 0.5) is 0 Å². The Hall–Kier alpha value is -1.76. The van der Waals surface area contributed by atoms with Gasteiger partial charge in [0.05, 0.1) is 18.2 Å². The Labute approximate surface area is 146 Å². The summed E-state index contributed by atoms with van der Waals surface area (Å²) in [5.41, 5.74) is 1.72. The van der Waals surface area contributed by atoms with E-state index in [0.717, 1.165) is 37.7 Å². The van der Waals surface area contributed by atoms with Crippen molar-refractivity contribution in [2.24, 2.45) is 0 Å². The monoisotopic (exact) mass is 345 g/mol. The van der Waals surface area contributed by atoms with Gasteiger partial charge in [-0.1, -0.05) is 30.3 Å². The molecule has 0 aliphatic carbocycles. The topological polar surface area (TPSA) is 54.5 Å². The molecule has 6 heteroatoms. The van der Waals surface area contributed by atoms with Gasteiger partial charge in [-0.05, 0) is 12.5 Å². The predicted octanol–water partition coefficient (Wildman–Crippen LogP) is 2.18. The van der Waals surface area contributed by atoms with Gasteiger partial charge in [0.2, 0.25) is 0 Å². The number of ether oxygens (including phenoxy) is 1. The average molecular weight is 345 g/mol. The van der Waals surface area contributed by atoms with Gasteiger partial charge in [0, 0.05) is 37.5 Å². The maximum absolute atomic E-state index is 12.3. The summed E-state index contributed by atoms with van der Waals surface area (Å²) >= 11 is 1.54. The number of nitrogens with zero attached hydrogens (tertiary/aromatic N) is 2. The van der Waals surface area contributed by atoms with Gasteiger partial charge in [-0.25, -0.2) is 4.98 Å².